The van der Waals surface area contributed by atoms with E-state index in [1.165, 1.54) is 50.2 Å². The highest BCUT2D eigenvalue weighted by Gasteiger charge is 2.62. The third-order valence-electron chi connectivity index (χ3n) is 17.7. The predicted molar refractivity (Wildman–Crippen MR) is 236 cm³/mol. The molecule has 0 radical (unpaired) electrons. The van der Waals surface area contributed by atoms with E-state index in [0.29, 0.717) is 17.3 Å². The quantitative estimate of drug-likeness (QED) is 0.0835. The zero-order valence-corrected chi connectivity index (χ0v) is 41.5. The average molecular weight is 791 g/mol. The standard InChI is InChI=1S/C46H90O4Si3/c1-18-46(19-2,50-53(20-3,21-4)22-5)29-23-31-47-34-36-25-27-39-38-26-24-35-32-37(48-51(14,15)42(6,7)8)33-41(49-52(16,17)43(9,10)11)45(35,13)40(38)28-30-44(36,39)12/h24,36-41H,18-23,25-34H2,1-17H3/t36?,37?,38-,39-,40+,41?,44+,45-/m0/s1. The number of hydrogen-bond donors (Lipinski definition) is 0. The SMILES string of the molecule is CCC(CC)(CCCOCC1CC[C@H]2[C@@H]3CC=C4CC(O[Si](C)(C)C(C)(C)C)CC(O[Si](C)(C)C(C)(C)C)[C@]4(C)[C@@H]3CC[C@]12C)O[Si](CC)(CC)CC. The first kappa shape index (κ1) is 45.9. The van der Waals surface area contributed by atoms with E-state index in [4.69, 9.17) is 18.0 Å². The molecule has 3 unspecified atom stereocenters. The van der Waals surface area contributed by atoms with Crippen molar-refractivity contribution in [2.45, 2.75) is 233 Å². The molecular formula is C46H90O4Si3. The average Bonchev–Trinajstić information content (AvgIpc) is 3.41. The molecule has 0 spiro atoms. The second-order valence-corrected chi connectivity index (χ2v) is 36.4. The molecule has 7 heteroatoms. The largest absolute Gasteiger partial charge is 0.414 e. The van der Waals surface area contributed by atoms with Crippen molar-refractivity contribution in [3.8, 4) is 0 Å². The summed E-state index contributed by atoms with van der Waals surface area (Å²) in [6, 6.07) is 3.69. The lowest BCUT2D eigenvalue weighted by atomic mass is 9.46. The molecule has 0 amide bonds. The molecule has 0 aromatic rings. The lowest BCUT2D eigenvalue weighted by Gasteiger charge is -2.61. The first-order valence-electron chi connectivity index (χ1n) is 22.8. The van der Waals surface area contributed by atoms with Crippen LogP contribution in [0.4, 0.5) is 0 Å². The third-order valence-corrected chi connectivity index (χ3v) is 31.5. The van der Waals surface area contributed by atoms with E-state index in [1.54, 1.807) is 5.57 Å². The van der Waals surface area contributed by atoms with Crippen molar-refractivity contribution in [2.75, 3.05) is 13.2 Å². The summed E-state index contributed by atoms with van der Waals surface area (Å²) in [5.41, 5.74) is 2.19. The number of allylic oxidation sites excluding steroid dienone is 1. The number of hydrogen-bond acceptors (Lipinski definition) is 4. The summed E-state index contributed by atoms with van der Waals surface area (Å²) in [6.07, 6.45) is 16.5. The molecule has 0 aromatic carbocycles. The lowest BCUT2D eigenvalue weighted by molar-refractivity contribution is -0.103. The molecule has 3 fully saturated rings. The van der Waals surface area contributed by atoms with E-state index in [2.05, 4.69) is 122 Å². The fraction of sp³-hybridized carbons (Fsp3) is 0.957. The first-order chi connectivity index (χ1) is 24.4. The number of fused-ring (bicyclic) bond motifs is 5. The Morgan fingerprint density at radius 3 is 1.91 bits per heavy atom. The molecule has 4 rings (SSSR count). The van der Waals surface area contributed by atoms with Gasteiger partial charge in [-0.05, 0) is 154 Å². The van der Waals surface area contributed by atoms with Crippen LogP contribution in [0.15, 0.2) is 11.6 Å². The van der Waals surface area contributed by atoms with Crippen LogP contribution in [0, 0.1) is 34.5 Å². The Morgan fingerprint density at radius 1 is 0.774 bits per heavy atom. The molecule has 3 saturated carbocycles. The van der Waals surface area contributed by atoms with Gasteiger partial charge in [0.1, 0.15) is 0 Å². The highest BCUT2D eigenvalue weighted by atomic mass is 28.4. The van der Waals surface area contributed by atoms with Gasteiger partial charge < -0.3 is 18.0 Å². The zero-order valence-electron chi connectivity index (χ0n) is 38.5. The van der Waals surface area contributed by atoms with E-state index < -0.39 is 25.0 Å². The Hall–Kier alpha value is 0.231. The van der Waals surface area contributed by atoms with Crippen LogP contribution in [0.25, 0.3) is 0 Å². The van der Waals surface area contributed by atoms with Gasteiger partial charge in [0, 0.05) is 18.6 Å². The van der Waals surface area contributed by atoms with E-state index in [0.717, 1.165) is 63.6 Å². The van der Waals surface area contributed by atoms with Crippen molar-refractivity contribution in [1.29, 1.82) is 0 Å². The van der Waals surface area contributed by atoms with E-state index in [1.807, 2.05) is 0 Å². The Morgan fingerprint density at radius 2 is 1.36 bits per heavy atom. The highest BCUT2D eigenvalue weighted by Crippen LogP contribution is 2.67. The maximum atomic E-state index is 7.62. The molecule has 310 valence electrons. The lowest BCUT2D eigenvalue weighted by Crippen LogP contribution is -2.60. The minimum absolute atomic E-state index is 0.0338. The molecular weight excluding hydrogens is 701 g/mol. The highest BCUT2D eigenvalue weighted by molar-refractivity contribution is 6.74. The Labute approximate surface area is 333 Å². The van der Waals surface area contributed by atoms with Gasteiger partial charge in [0.15, 0.2) is 25.0 Å². The molecule has 0 saturated heterocycles. The van der Waals surface area contributed by atoms with Crippen molar-refractivity contribution in [2.24, 2.45) is 34.5 Å². The summed E-state index contributed by atoms with van der Waals surface area (Å²) in [6.45, 7) is 43.1. The molecule has 4 aliphatic carbocycles. The normalized spacial score (nSPS) is 33.0. The molecule has 4 aliphatic rings. The second kappa shape index (κ2) is 16.8. The van der Waals surface area contributed by atoms with Crippen LogP contribution in [0.2, 0.25) is 54.4 Å². The molecule has 0 aliphatic heterocycles. The summed E-state index contributed by atoms with van der Waals surface area (Å²) in [7, 11) is -5.55. The smallest absolute Gasteiger partial charge is 0.192 e. The van der Waals surface area contributed by atoms with E-state index in [9.17, 15) is 0 Å². The van der Waals surface area contributed by atoms with E-state index in [-0.39, 0.29) is 33.3 Å². The monoisotopic (exact) mass is 791 g/mol. The van der Waals surface area contributed by atoms with Crippen molar-refractivity contribution in [1.82, 2.24) is 0 Å². The van der Waals surface area contributed by atoms with Crippen LogP contribution in [0.5, 0.6) is 0 Å². The third kappa shape index (κ3) is 9.12. The van der Waals surface area contributed by atoms with Gasteiger partial charge in [-0.25, -0.2) is 0 Å². The van der Waals surface area contributed by atoms with Gasteiger partial charge in [-0.15, -0.1) is 0 Å². The molecule has 0 aromatic heterocycles. The van der Waals surface area contributed by atoms with Crippen LogP contribution in [-0.2, 0) is 18.0 Å². The van der Waals surface area contributed by atoms with Gasteiger partial charge in [-0.2, -0.15) is 0 Å². The molecule has 0 heterocycles. The predicted octanol–water partition coefficient (Wildman–Crippen LogP) is 14.3. The number of ether oxygens (including phenoxy) is 1. The maximum Gasteiger partial charge on any atom is 0.192 e. The van der Waals surface area contributed by atoms with Crippen molar-refractivity contribution < 1.29 is 18.0 Å². The number of rotatable bonds is 17. The molecule has 4 nitrogen and oxygen atoms in total. The summed E-state index contributed by atoms with van der Waals surface area (Å²) in [5, 5.41) is 0.398. The molecule has 8 atom stereocenters. The van der Waals surface area contributed by atoms with Gasteiger partial charge >= 0.3 is 0 Å². The summed E-state index contributed by atoms with van der Waals surface area (Å²) in [4.78, 5) is 0. The van der Waals surface area contributed by atoms with Gasteiger partial charge in [0.05, 0.1) is 17.8 Å². The molecule has 0 bridgehead atoms. The van der Waals surface area contributed by atoms with Crippen molar-refractivity contribution >= 4 is 25.0 Å². The van der Waals surface area contributed by atoms with Crippen molar-refractivity contribution in [3.63, 3.8) is 0 Å². The Bertz CT molecular complexity index is 1220. The second-order valence-electron chi connectivity index (χ2n) is 22.2. The fourth-order valence-corrected chi connectivity index (χ4v) is 17.4. The zero-order chi connectivity index (χ0) is 39.9. The fourth-order valence-electron chi connectivity index (χ4n) is 11.4. The molecule has 0 N–H and O–H groups in total. The minimum Gasteiger partial charge on any atom is -0.414 e. The minimum atomic E-state index is -2.00. The van der Waals surface area contributed by atoms with Crippen LogP contribution in [0.1, 0.15) is 161 Å². The van der Waals surface area contributed by atoms with Gasteiger partial charge in [0.2, 0.25) is 0 Å². The van der Waals surface area contributed by atoms with Gasteiger partial charge in [0.25, 0.3) is 0 Å². The Kier molecular flexibility index (Phi) is 14.6. The summed E-state index contributed by atoms with van der Waals surface area (Å²) < 4.78 is 28.7. The topological polar surface area (TPSA) is 36.9 Å². The van der Waals surface area contributed by atoms with Crippen LogP contribution >= 0.6 is 0 Å². The maximum absolute atomic E-state index is 7.62. The van der Waals surface area contributed by atoms with Crippen LogP contribution < -0.4 is 0 Å². The molecule has 53 heavy (non-hydrogen) atoms. The van der Waals surface area contributed by atoms with Crippen LogP contribution in [-0.4, -0.2) is 56.0 Å². The summed E-state index contributed by atoms with van der Waals surface area (Å²) in [5.74, 6) is 2.92. The Balaban J connectivity index is 1.48. The van der Waals surface area contributed by atoms with E-state index >= 15 is 0 Å². The van der Waals surface area contributed by atoms with Crippen LogP contribution in [0.3, 0.4) is 0 Å². The van der Waals surface area contributed by atoms with Gasteiger partial charge in [-0.1, -0.05) is 102 Å². The summed E-state index contributed by atoms with van der Waals surface area (Å²) >= 11 is 0. The van der Waals surface area contributed by atoms with Crippen molar-refractivity contribution in [3.05, 3.63) is 11.6 Å². The first-order valence-corrected chi connectivity index (χ1v) is 31.1. The van der Waals surface area contributed by atoms with Gasteiger partial charge in [-0.3, -0.25) is 0 Å².